The molecule has 2 aromatic carbocycles. The maximum atomic E-state index is 9.87. The molecule has 6 rings (SSSR count). The van der Waals surface area contributed by atoms with Crippen LogP contribution < -0.4 is 0 Å². The Bertz CT molecular complexity index is 1360. The van der Waals surface area contributed by atoms with Crippen molar-refractivity contribution >= 4 is 34.2 Å². The zero-order valence-electron chi connectivity index (χ0n) is 21.3. The second kappa shape index (κ2) is 10.9. The molecule has 0 saturated carbocycles. The number of aromatic amines is 1. The molecule has 0 amide bonds. The van der Waals surface area contributed by atoms with Crippen LogP contribution in [0.5, 0.6) is 5.75 Å². The van der Waals surface area contributed by atoms with Crippen LogP contribution in [0.1, 0.15) is 48.6 Å². The third-order valence-electron chi connectivity index (χ3n) is 8.06. The second-order valence-corrected chi connectivity index (χ2v) is 9.94. The molecule has 2 saturated heterocycles. The predicted octanol–water partition coefficient (Wildman–Crippen LogP) is 5.39. The van der Waals surface area contributed by atoms with Gasteiger partial charge in [0.25, 0.3) is 0 Å². The van der Waals surface area contributed by atoms with Crippen LogP contribution >= 0.6 is 12.4 Å². The van der Waals surface area contributed by atoms with Gasteiger partial charge < -0.3 is 14.8 Å². The molecular formula is C28H34ClN5O3. The summed E-state index contributed by atoms with van der Waals surface area (Å²) >= 11 is 0. The number of phenolic OH excluding ortho intramolecular Hbond substituents is 1. The van der Waals surface area contributed by atoms with Crippen LogP contribution in [0.3, 0.4) is 0 Å². The van der Waals surface area contributed by atoms with E-state index in [2.05, 4.69) is 32.5 Å². The minimum Gasteiger partial charge on any atom is -0.508 e. The van der Waals surface area contributed by atoms with Gasteiger partial charge in [0, 0.05) is 42.5 Å². The number of nitrogens with zero attached hydrogens (tertiary/aromatic N) is 4. The van der Waals surface area contributed by atoms with Crippen molar-refractivity contribution in [2.45, 2.75) is 37.5 Å². The third-order valence-corrected chi connectivity index (χ3v) is 8.06. The van der Waals surface area contributed by atoms with Crippen LogP contribution in [0.15, 0.2) is 42.6 Å². The van der Waals surface area contributed by atoms with Crippen LogP contribution in [-0.2, 0) is 9.68 Å². The zero-order chi connectivity index (χ0) is 24.6. The summed E-state index contributed by atoms with van der Waals surface area (Å²) in [5.41, 5.74) is 5.58. The highest BCUT2D eigenvalue weighted by molar-refractivity contribution is 6.10. The number of halogens is 1. The first-order valence-corrected chi connectivity index (χ1v) is 12.8. The van der Waals surface area contributed by atoms with Gasteiger partial charge in [-0.1, -0.05) is 0 Å². The van der Waals surface area contributed by atoms with Crippen molar-refractivity contribution in [3.8, 4) is 17.0 Å². The molecule has 196 valence electrons. The zero-order valence-corrected chi connectivity index (χ0v) is 22.1. The van der Waals surface area contributed by atoms with E-state index in [9.17, 15) is 5.11 Å². The SMILES string of the molecule is CON1CCC(c2cc3c(-c4ccc(O)cc4)nc4[nH]ncc4c3cc2C2CCN(OC)CC2)CC1.Cl. The Morgan fingerprint density at radius 3 is 1.89 bits per heavy atom. The average molecular weight is 524 g/mol. The molecule has 4 heterocycles. The summed E-state index contributed by atoms with van der Waals surface area (Å²) < 4.78 is 0. The molecule has 0 radical (unpaired) electrons. The van der Waals surface area contributed by atoms with E-state index in [1.807, 2.05) is 18.3 Å². The number of pyridine rings is 1. The van der Waals surface area contributed by atoms with Crippen LogP contribution in [0.4, 0.5) is 0 Å². The Hall–Kier alpha value is -2.75. The molecule has 2 fully saturated rings. The number of rotatable bonds is 5. The topological polar surface area (TPSA) is 86.7 Å². The monoisotopic (exact) mass is 523 g/mol. The average Bonchev–Trinajstić information content (AvgIpc) is 3.41. The fourth-order valence-corrected chi connectivity index (χ4v) is 6.03. The van der Waals surface area contributed by atoms with Crippen molar-refractivity contribution in [3.63, 3.8) is 0 Å². The van der Waals surface area contributed by atoms with E-state index in [-0.39, 0.29) is 18.2 Å². The van der Waals surface area contributed by atoms with Crippen molar-refractivity contribution in [1.29, 1.82) is 0 Å². The number of piperidine rings is 2. The summed E-state index contributed by atoms with van der Waals surface area (Å²) in [6.07, 6.45) is 6.18. The van der Waals surface area contributed by atoms with Crippen LogP contribution in [-0.4, -0.2) is 70.8 Å². The minimum atomic E-state index is 0. The van der Waals surface area contributed by atoms with Crippen molar-refractivity contribution in [1.82, 2.24) is 25.3 Å². The Labute approximate surface area is 222 Å². The molecular weight excluding hydrogens is 490 g/mol. The Balaban J connectivity index is 0.00000280. The van der Waals surface area contributed by atoms with Gasteiger partial charge in [0.2, 0.25) is 0 Å². The number of hydrogen-bond acceptors (Lipinski definition) is 7. The molecule has 0 aliphatic carbocycles. The lowest BCUT2D eigenvalue weighted by Crippen LogP contribution is -2.34. The van der Waals surface area contributed by atoms with E-state index < -0.39 is 0 Å². The summed E-state index contributed by atoms with van der Waals surface area (Å²) in [4.78, 5) is 16.0. The maximum Gasteiger partial charge on any atom is 0.156 e. The number of nitrogens with one attached hydrogen (secondary N) is 1. The number of fused-ring (bicyclic) bond motifs is 3. The molecule has 0 unspecified atom stereocenters. The maximum absolute atomic E-state index is 9.87. The lowest BCUT2D eigenvalue weighted by Gasteiger charge is -2.35. The van der Waals surface area contributed by atoms with Gasteiger partial charge >= 0.3 is 0 Å². The fourth-order valence-electron chi connectivity index (χ4n) is 6.03. The van der Waals surface area contributed by atoms with Gasteiger partial charge in [-0.3, -0.25) is 5.10 Å². The number of H-pyrrole nitrogens is 1. The Kier molecular flexibility index (Phi) is 7.65. The number of hydrogen-bond donors (Lipinski definition) is 2. The molecule has 0 atom stereocenters. The normalized spacial score (nSPS) is 18.4. The quantitative estimate of drug-likeness (QED) is 0.363. The fraction of sp³-hybridized carbons (Fsp3) is 0.429. The van der Waals surface area contributed by atoms with Gasteiger partial charge in [-0.15, -0.1) is 12.4 Å². The minimum absolute atomic E-state index is 0. The highest BCUT2D eigenvalue weighted by atomic mass is 35.5. The van der Waals surface area contributed by atoms with Gasteiger partial charge in [-0.25, -0.2) is 4.98 Å². The van der Waals surface area contributed by atoms with E-state index in [1.54, 1.807) is 26.4 Å². The molecule has 37 heavy (non-hydrogen) atoms. The van der Waals surface area contributed by atoms with Crippen LogP contribution in [0, 0.1) is 0 Å². The number of hydroxylamine groups is 4. The predicted molar refractivity (Wildman–Crippen MR) is 147 cm³/mol. The molecule has 4 aromatic rings. The first-order chi connectivity index (χ1) is 17.6. The largest absolute Gasteiger partial charge is 0.508 e. The van der Waals surface area contributed by atoms with E-state index in [0.717, 1.165) is 79.5 Å². The number of aromatic nitrogens is 3. The van der Waals surface area contributed by atoms with E-state index in [1.165, 1.54) is 16.5 Å². The van der Waals surface area contributed by atoms with Crippen molar-refractivity contribution < 1.29 is 14.8 Å². The lowest BCUT2D eigenvalue weighted by molar-refractivity contribution is -0.144. The summed E-state index contributed by atoms with van der Waals surface area (Å²) in [6.45, 7) is 3.75. The summed E-state index contributed by atoms with van der Waals surface area (Å²) in [5, 5.41) is 24.8. The smallest absolute Gasteiger partial charge is 0.156 e. The standard InChI is InChI=1S/C28H33N5O3.ClH/c1-35-32-11-7-18(8-12-32)22-15-24-25(16-23(22)19-9-13-33(36-2)14-10-19)27(20-3-5-21(34)6-4-20)30-28-26(24)17-29-31-28;/h3-6,15-19,34H,7-14H2,1-2H3,(H,29,30,31);1H. The highest BCUT2D eigenvalue weighted by Gasteiger charge is 2.29. The molecule has 2 aromatic heterocycles. The highest BCUT2D eigenvalue weighted by Crippen LogP contribution is 2.42. The first kappa shape index (κ1) is 25.9. The van der Waals surface area contributed by atoms with Crippen LogP contribution in [0.2, 0.25) is 0 Å². The molecule has 9 heteroatoms. The van der Waals surface area contributed by atoms with Gasteiger partial charge in [-0.2, -0.15) is 15.2 Å². The lowest BCUT2D eigenvalue weighted by atomic mass is 9.78. The summed E-state index contributed by atoms with van der Waals surface area (Å²) in [7, 11) is 3.52. The molecule has 2 aliphatic heterocycles. The number of phenols is 1. The molecule has 8 nitrogen and oxygen atoms in total. The second-order valence-electron chi connectivity index (χ2n) is 9.94. The Morgan fingerprint density at radius 2 is 1.35 bits per heavy atom. The van der Waals surface area contributed by atoms with Crippen molar-refractivity contribution in [2.24, 2.45) is 0 Å². The molecule has 2 N–H and O–H groups in total. The van der Waals surface area contributed by atoms with E-state index >= 15 is 0 Å². The van der Waals surface area contributed by atoms with E-state index in [4.69, 9.17) is 14.7 Å². The van der Waals surface area contributed by atoms with Crippen LogP contribution in [0.25, 0.3) is 33.1 Å². The summed E-state index contributed by atoms with van der Waals surface area (Å²) in [6, 6.07) is 12.1. The van der Waals surface area contributed by atoms with E-state index in [0.29, 0.717) is 11.8 Å². The van der Waals surface area contributed by atoms with Crippen molar-refractivity contribution in [2.75, 3.05) is 40.4 Å². The molecule has 0 bridgehead atoms. The number of benzene rings is 2. The number of aromatic hydroxyl groups is 1. The van der Waals surface area contributed by atoms with Gasteiger partial charge in [0.1, 0.15) is 5.75 Å². The molecule has 2 aliphatic rings. The van der Waals surface area contributed by atoms with Gasteiger partial charge in [0.15, 0.2) is 5.65 Å². The van der Waals surface area contributed by atoms with Crippen molar-refractivity contribution in [3.05, 3.63) is 53.7 Å². The Morgan fingerprint density at radius 1 is 0.811 bits per heavy atom. The van der Waals surface area contributed by atoms with Gasteiger partial charge in [0.05, 0.1) is 26.1 Å². The summed E-state index contributed by atoms with van der Waals surface area (Å²) in [5.74, 6) is 1.22. The third kappa shape index (κ3) is 4.92. The first-order valence-electron chi connectivity index (χ1n) is 12.8. The molecule has 0 spiro atoms. The van der Waals surface area contributed by atoms with Gasteiger partial charge in [-0.05, 0) is 90.4 Å².